The van der Waals surface area contributed by atoms with Crippen molar-refractivity contribution in [2.75, 3.05) is 0 Å². The molecule has 0 heterocycles. The molecule has 8 aromatic carbocycles. The lowest BCUT2D eigenvalue weighted by Crippen LogP contribution is -2.74. The maximum absolute atomic E-state index is 13.8. The molecule has 0 aliphatic heterocycles. The van der Waals surface area contributed by atoms with Gasteiger partial charge in [-0.2, -0.15) is 0 Å². The van der Waals surface area contributed by atoms with Crippen molar-refractivity contribution in [3.63, 3.8) is 0 Å². The van der Waals surface area contributed by atoms with Gasteiger partial charge in [0.1, 0.15) is 11.6 Å². The Morgan fingerprint density at radius 1 is 0.216 bits per heavy atom. The van der Waals surface area contributed by atoms with Crippen molar-refractivity contribution in [1.82, 2.24) is 0 Å². The summed E-state index contributed by atoms with van der Waals surface area (Å²) in [6.07, 6.45) is 0. The average Bonchev–Trinajstić information content (AvgIpc) is 3.20. The minimum Gasteiger partial charge on any atom is -0.207 e. The Morgan fingerprint density at radius 3 is 0.647 bits per heavy atom. The molecule has 3 heteroatoms. The number of hydrogen-bond donors (Lipinski definition) is 0. The number of hydrogen-bond acceptors (Lipinski definition) is 0. The zero-order valence-electron chi connectivity index (χ0n) is 27.9. The van der Waals surface area contributed by atoms with Gasteiger partial charge in [-0.15, -0.1) is 0 Å². The molecule has 0 aliphatic carbocycles. The molecule has 0 amide bonds. The quantitative estimate of drug-likeness (QED) is 0.111. The van der Waals surface area contributed by atoms with Crippen LogP contribution in [0.1, 0.15) is 0 Å². The van der Waals surface area contributed by atoms with Crippen LogP contribution >= 0.6 is 0 Å². The Labute approximate surface area is 299 Å². The van der Waals surface area contributed by atoms with E-state index in [1.54, 1.807) is 0 Å². The van der Waals surface area contributed by atoms with Gasteiger partial charge in [0.05, 0.1) is 0 Å². The van der Waals surface area contributed by atoms with E-state index in [0.29, 0.717) is 0 Å². The molecule has 0 fully saturated rings. The summed E-state index contributed by atoms with van der Waals surface area (Å²) < 4.78 is 27.6. The number of halogens is 2. The molecule has 0 spiro atoms. The minimum absolute atomic E-state index is 0.247. The van der Waals surface area contributed by atoms with E-state index in [-0.39, 0.29) is 11.6 Å². The first-order valence-corrected chi connectivity index (χ1v) is 19.1. The summed E-state index contributed by atoms with van der Waals surface area (Å²) in [5, 5.41) is 5.00. The molecule has 0 radical (unpaired) electrons. The second kappa shape index (κ2) is 14.0. The Morgan fingerprint density at radius 2 is 0.412 bits per heavy atom. The van der Waals surface area contributed by atoms with E-state index < -0.39 is 8.07 Å². The lowest BCUT2D eigenvalue weighted by molar-refractivity contribution is 0.627. The second-order valence-electron chi connectivity index (χ2n) is 12.8. The summed E-state index contributed by atoms with van der Waals surface area (Å²) in [5.41, 5.74) is 8.70. The van der Waals surface area contributed by atoms with E-state index in [4.69, 9.17) is 0 Å². The van der Waals surface area contributed by atoms with Crippen LogP contribution in [0, 0.1) is 11.6 Å². The van der Waals surface area contributed by atoms with E-state index in [1.165, 1.54) is 67.3 Å². The largest absolute Gasteiger partial charge is 0.207 e. The van der Waals surface area contributed by atoms with Crippen molar-refractivity contribution in [1.29, 1.82) is 0 Å². The molecule has 0 N–H and O–H groups in total. The van der Waals surface area contributed by atoms with Gasteiger partial charge in [-0.3, -0.25) is 0 Å². The van der Waals surface area contributed by atoms with Crippen LogP contribution in [0.5, 0.6) is 0 Å². The van der Waals surface area contributed by atoms with Gasteiger partial charge in [0, 0.05) is 0 Å². The maximum Gasteiger partial charge on any atom is 0.179 e. The molecule has 0 aliphatic rings. The van der Waals surface area contributed by atoms with E-state index in [2.05, 4.69) is 146 Å². The Kier molecular flexibility index (Phi) is 8.79. The monoisotopic (exact) mass is 676 g/mol. The fourth-order valence-electron chi connectivity index (χ4n) is 7.20. The van der Waals surface area contributed by atoms with Gasteiger partial charge in [0.25, 0.3) is 0 Å². The van der Waals surface area contributed by atoms with Gasteiger partial charge < -0.3 is 0 Å². The third kappa shape index (κ3) is 6.36. The summed E-state index contributed by atoms with van der Waals surface area (Å²) in [6, 6.07) is 70.1. The van der Waals surface area contributed by atoms with Gasteiger partial charge in [-0.25, -0.2) is 8.78 Å². The fourth-order valence-corrected chi connectivity index (χ4v) is 11.9. The third-order valence-corrected chi connectivity index (χ3v) is 14.6. The normalized spacial score (nSPS) is 11.3. The highest BCUT2D eigenvalue weighted by Crippen LogP contribution is 2.25. The maximum atomic E-state index is 13.8. The highest BCUT2D eigenvalue weighted by Gasteiger charge is 2.41. The molecule has 244 valence electrons. The molecule has 0 nitrogen and oxygen atoms in total. The van der Waals surface area contributed by atoms with Gasteiger partial charge in [0.15, 0.2) is 8.07 Å². The second-order valence-corrected chi connectivity index (χ2v) is 16.6. The van der Waals surface area contributed by atoms with Crippen LogP contribution < -0.4 is 20.7 Å². The summed E-state index contributed by atoms with van der Waals surface area (Å²) in [4.78, 5) is 0. The van der Waals surface area contributed by atoms with Crippen molar-refractivity contribution < 1.29 is 8.78 Å². The Balaban J connectivity index is 1.34. The van der Waals surface area contributed by atoms with Crippen LogP contribution in [0.4, 0.5) is 8.78 Å². The highest BCUT2D eigenvalue weighted by atomic mass is 28.3. The van der Waals surface area contributed by atoms with Crippen molar-refractivity contribution in [2.45, 2.75) is 0 Å². The molecule has 0 saturated carbocycles. The van der Waals surface area contributed by atoms with E-state index >= 15 is 0 Å². The first-order valence-electron chi connectivity index (χ1n) is 17.1. The highest BCUT2D eigenvalue weighted by molar-refractivity contribution is 7.19. The van der Waals surface area contributed by atoms with Crippen LogP contribution in [-0.2, 0) is 0 Å². The summed E-state index contributed by atoms with van der Waals surface area (Å²) in [5.74, 6) is -0.493. The number of rotatable bonds is 8. The van der Waals surface area contributed by atoms with E-state index in [1.807, 2.05) is 36.4 Å². The van der Waals surface area contributed by atoms with Crippen LogP contribution in [0.3, 0.4) is 0 Å². The molecule has 0 aromatic heterocycles. The van der Waals surface area contributed by atoms with Crippen LogP contribution in [-0.4, -0.2) is 8.07 Å². The molecule has 0 saturated heterocycles. The van der Waals surface area contributed by atoms with Crippen LogP contribution in [0.2, 0.25) is 0 Å². The summed E-state index contributed by atoms with van der Waals surface area (Å²) in [7, 11) is -2.93. The standard InChI is InChI=1S/C48H34F2Si/c49-43-23-11-37(12-24-43)41-19-31-47(32-20-41)51(45-27-15-39(16-28-45)35-7-3-1-4-8-35,46-29-17-40(18-30-46)36-9-5-2-6-10-36)48-33-21-42(22-34-48)38-13-25-44(50)26-14-38/h1-34H. The third-order valence-electron chi connectivity index (χ3n) is 9.84. The Hall–Kier alpha value is -6.16. The molecule has 0 bridgehead atoms. The van der Waals surface area contributed by atoms with E-state index in [0.717, 1.165) is 22.3 Å². The molecular formula is C48H34F2Si. The molecule has 0 unspecified atom stereocenters. The first-order chi connectivity index (χ1) is 25.1. The molecule has 51 heavy (non-hydrogen) atoms. The lowest BCUT2D eigenvalue weighted by atomic mass is 10.1. The number of benzene rings is 8. The molecular weight excluding hydrogens is 643 g/mol. The lowest BCUT2D eigenvalue weighted by Gasteiger charge is -2.35. The molecule has 0 atom stereocenters. The first kappa shape index (κ1) is 32.1. The van der Waals surface area contributed by atoms with Crippen molar-refractivity contribution in [3.8, 4) is 44.5 Å². The predicted octanol–water partition coefficient (Wildman–Crippen LogP) is 10.0. The molecule has 8 rings (SSSR count). The smallest absolute Gasteiger partial charge is 0.179 e. The zero-order valence-corrected chi connectivity index (χ0v) is 28.9. The fraction of sp³-hybridized carbons (Fsp3) is 0. The van der Waals surface area contributed by atoms with Gasteiger partial charge >= 0.3 is 0 Å². The van der Waals surface area contributed by atoms with Crippen LogP contribution in [0.15, 0.2) is 206 Å². The Bertz CT molecular complexity index is 2180. The van der Waals surface area contributed by atoms with Crippen molar-refractivity contribution in [2.24, 2.45) is 0 Å². The SMILES string of the molecule is Fc1ccc(-c2ccc([Si](c3ccc(-c4ccccc4)cc3)(c3ccc(-c4ccccc4)cc3)c3ccc(-c4ccc(F)cc4)cc3)cc2)cc1. The topological polar surface area (TPSA) is 0 Å². The van der Waals surface area contributed by atoms with Crippen molar-refractivity contribution in [3.05, 3.63) is 218 Å². The van der Waals surface area contributed by atoms with Gasteiger partial charge in [0.2, 0.25) is 0 Å². The zero-order chi connectivity index (χ0) is 34.6. The average molecular weight is 677 g/mol. The predicted molar refractivity (Wildman–Crippen MR) is 212 cm³/mol. The van der Waals surface area contributed by atoms with Crippen molar-refractivity contribution >= 4 is 28.8 Å². The van der Waals surface area contributed by atoms with Crippen LogP contribution in [0.25, 0.3) is 44.5 Å². The summed E-state index contributed by atoms with van der Waals surface area (Å²) in [6.45, 7) is 0. The van der Waals surface area contributed by atoms with Gasteiger partial charge in [-0.1, -0.05) is 182 Å². The van der Waals surface area contributed by atoms with Gasteiger partial charge in [-0.05, 0) is 89.5 Å². The van der Waals surface area contributed by atoms with E-state index in [9.17, 15) is 8.78 Å². The summed E-state index contributed by atoms with van der Waals surface area (Å²) >= 11 is 0. The minimum atomic E-state index is -2.93. The molecule has 8 aromatic rings.